The summed E-state index contributed by atoms with van der Waals surface area (Å²) >= 11 is 0. The monoisotopic (exact) mass is 207 g/mol. The van der Waals surface area contributed by atoms with E-state index in [1.54, 1.807) is 4.90 Å². The topological polar surface area (TPSA) is 40.5 Å². The maximum atomic E-state index is 11.5. The van der Waals surface area contributed by atoms with Crippen molar-refractivity contribution in [3.63, 3.8) is 0 Å². The van der Waals surface area contributed by atoms with Gasteiger partial charge >= 0.3 is 0 Å². The molecule has 0 heterocycles. The highest BCUT2D eigenvalue weighted by atomic mass is 16.3. The SMILES string of the molecule is CCN(Cc1ccccc1)C(=O)CCO. The summed E-state index contributed by atoms with van der Waals surface area (Å²) in [6.07, 6.45) is 0.209. The Morgan fingerprint density at radius 2 is 2.00 bits per heavy atom. The van der Waals surface area contributed by atoms with Crippen molar-refractivity contribution in [3.8, 4) is 0 Å². The van der Waals surface area contributed by atoms with Crippen molar-refractivity contribution >= 4 is 5.91 Å². The first-order valence-electron chi connectivity index (χ1n) is 5.20. The third kappa shape index (κ3) is 3.72. The normalized spacial score (nSPS) is 10.0. The molecule has 0 spiro atoms. The first kappa shape index (κ1) is 11.7. The van der Waals surface area contributed by atoms with E-state index in [1.807, 2.05) is 37.3 Å². The molecule has 0 radical (unpaired) electrons. The van der Waals surface area contributed by atoms with E-state index >= 15 is 0 Å². The molecule has 0 aliphatic heterocycles. The van der Waals surface area contributed by atoms with Crippen molar-refractivity contribution in [1.29, 1.82) is 0 Å². The number of aliphatic hydroxyl groups is 1. The van der Waals surface area contributed by atoms with Gasteiger partial charge in [-0.05, 0) is 12.5 Å². The fourth-order valence-corrected chi connectivity index (χ4v) is 1.43. The van der Waals surface area contributed by atoms with Gasteiger partial charge in [-0.1, -0.05) is 30.3 Å². The maximum Gasteiger partial charge on any atom is 0.225 e. The lowest BCUT2D eigenvalue weighted by atomic mass is 10.2. The van der Waals surface area contributed by atoms with E-state index in [9.17, 15) is 4.79 Å². The van der Waals surface area contributed by atoms with Crippen LogP contribution < -0.4 is 0 Å². The predicted molar refractivity (Wildman–Crippen MR) is 59.2 cm³/mol. The third-order valence-electron chi connectivity index (χ3n) is 2.28. The molecule has 3 heteroatoms. The van der Waals surface area contributed by atoms with Gasteiger partial charge in [-0.25, -0.2) is 0 Å². The molecule has 1 aromatic carbocycles. The number of hydrogen-bond acceptors (Lipinski definition) is 2. The molecule has 0 aromatic heterocycles. The Kier molecular flexibility index (Phi) is 4.84. The number of carbonyl (C=O) groups excluding carboxylic acids is 1. The van der Waals surface area contributed by atoms with Crippen LogP contribution in [0.3, 0.4) is 0 Å². The van der Waals surface area contributed by atoms with Gasteiger partial charge in [-0.15, -0.1) is 0 Å². The summed E-state index contributed by atoms with van der Waals surface area (Å²) in [5.74, 6) is 0.00357. The van der Waals surface area contributed by atoms with E-state index in [1.165, 1.54) is 0 Å². The first-order valence-corrected chi connectivity index (χ1v) is 5.20. The Balaban J connectivity index is 2.58. The Morgan fingerprint density at radius 3 is 2.53 bits per heavy atom. The summed E-state index contributed by atoms with van der Waals surface area (Å²) in [5.41, 5.74) is 1.12. The Hall–Kier alpha value is -1.35. The fraction of sp³-hybridized carbons (Fsp3) is 0.417. The zero-order valence-electron chi connectivity index (χ0n) is 9.02. The Morgan fingerprint density at radius 1 is 1.33 bits per heavy atom. The zero-order chi connectivity index (χ0) is 11.1. The number of rotatable bonds is 5. The maximum absolute atomic E-state index is 11.5. The molecule has 1 N–H and O–H groups in total. The molecule has 1 amide bonds. The van der Waals surface area contributed by atoms with Crippen LogP contribution in [0, 0.1) is 0 Å². The average molecular weight is 207 g/mol. The van der Waals surface area contributed by atoms with E-state index in [0.29, 0.717) is 13.1 Å². The minimum atomic E-state index is -0.0792. The van der Waals surface area contributed by atoms with E-state index in [-0.39, 0.29) is 18.9 Å². The van der Waals surface area contributed by atoms with Gasteiger partial charge in [0.1, 0.15) is 0 Å². The molecule has 0 saturated heterocycles. The molecular weight excluding hydrogens is 190 g/mol. The molecule has 0 fully saturated rings. The molecule has 15 heavy (non-hydrogen) atoms. The second-order valence-electron chi connectivity index (χ2n) is 3.37. The first-order chi connectivity index (χ1) is 7.27. The molecule has 0 saturated carbocycles. The van der Waals surface area contributed by atoms with Crippen LogP contribution in [0.15, 0.2) is 30.3 Å². The zero-order valence-corrected chi connectivity index (χ0v) is 9.02. The Bertz CT molecular complexity index is 298. The summed E-state index contributed by atoms with van der Waals surface area (Å²) in [7, 11) is 0. The van der Waals surface area contributed by atoms with Gasteiger partial charge in [0.25, 0.3) is 0 Å². The lowest BCUT2D eigenvalue weighted by Gasteiger charge is -2.20. The van der Waals surface area contributed by atoms with Crippen LogP contribution in [-0.2, 0) is 11.3 Å². The lowest BCUT2D eigenvalue weighted by molar-refractivity contribution is -0.132. The van der Waals surface area contributed by atoms with E-state index in [2.05, 4.69) is 0 Å². The summed E-state index contributed by atoms with van der Waals surface area (Å²) in [6.45, 7) is 3.16. The standard InChI is InChI=1S/C12H17NO2/c1-2-13(12(15)8-9-14)10-11-6-4-3-5-7-11/h3-7,14H,2,8-10H2,1H3. The molecule has 0 bridgehead atoms. The van der Waals surface area contributed by atoms with Crippen molar-refractivity contribution in [3.05, 3.63) is 35.9 Å². The molecule has 0 aliphatic rings. The van der Waals surface area contributed by atoms with Crippen molar-refractivity contribution in [1.82, 2.24) is 4.90 Å². The van der Waals surface area contributed by atoms with Crippen LogP contribution in [0.1, 0.15) is 18.9 Å². The van der Waals surface area contributed by atoms with Crippen LogP contribution in [0.4, 0.5) is 0 Å². The largest absolute Gasteiger partial charge is 0.396 e. The minimum absolute atomic E-state index is 0.00357. The molecule has 3 nitrogen and oxygen atoms in total. The summed E-state index contributed by atoms with van der Waals surface area (Å²) in [4.78, 5) is 13.3. The molecule has 0 atom stereocenters. The summed E-state index contributed by atoms with van der Waals surface area (Å²) in [5, 5.41) is 8.70. The van der Waals surface area contributed by atoms with Crippen molar-refractivity contribution in [2.45, 2.75) is 19.9 Å². The highest BCUT2D eigenvalue weighted by Gasteiger charge is 2.10. The number of aliphatic hydroxyl groups excluding tert-OH is 1. The van der Waals surface area contributed by atoms with E-state index in [4.69, 9.17) is 5.11 Å². The van der Waals surface area contributed by atoms with Crippen molar-refractivity contribution in [2.24, 2.45) is 0 Å². The fourth-order valence-electron chi connectivity index (χ4n) is 1.43. The van der Waals surface area contributed by atoms with Gasteiger partial charge in [0.2, 0.25) is 5.91 Å². The predicted octanol–water partition coefficient (Wildman–Crippen LogP) is 1.42. The van der Waals surface area contributed by atoms with Gasteiger partial charge in [0.05, 0.1) is 6.61 Å². The smallest absolute Gasteiger partial charge is 0.225 e. The van der Waals surface area contributed by atoms with Crippen molar-refractivity contribution < 1.29 is 9.90 Å². The van der Waals surface area contributed by atoms with E-state index in [0.717, 1.165) is 5.56 Å². The molecule has 1 rings (SSSR count). The van der Waals surface area contributed by atoms with Gasteiger partial charge in [0.15, 0.2) is 0 Å². The van der Waals surface area contributed by atoms with Crippen LogP contribution in [0.5, 0.6) is 0 Å². The van der Waals surface area contributed by atoms with Crippen molar-refractivity contribution in [2.75, 3.05) is 13.2 Å². The number of amides is 1. The number of carbonyl (C=O) groups is 1. The number of benzene rings is 1. The Labute approximate surface area is 90.3 Å². The van der Waals surface area contributed by atoms with Crippen LogP contribution in [-0.4, -0.2) is 29.1 Å². The third-order valence-corrected chi connectivity index (χ3v) is 2.28. The number of hydrogen-bond donors (Lipinski definition) is 1. The molecule has 0 aliphatic carbocycles. The van der Waals surface area contributed by atoms with Crippen LogP contribution in [0.25, 0.3) is 0 Å². The van der Waals surface area contributed by atoms with Crippen LogP contribution >= 0.6 is 0 Å². The number of nitrogens with zero attached hydrogens (tertiary/aromatic N) is 1. The van der Waals surface area contributed by atoms with Gasteiger partial charge in [0, 0.05) is 19.5 Å². The quantitative estimate of drug-likeness (QED) is 0.793. The highest BCUT2D eigenvalue weighted by molar-refractivity contribution is 5.76. The van der Waals surface area contributed by atoms with Gasteiger partial charge in [-0.3, -0.25) is 4.79 Å². The van der Waals surface area contributed by atoms with Crippen LogP contribution in [0.2, 0.25) is 0 Å². The van der Waals surface area contributed by atoms with E-state index < -0.39 is 0 Å². The van der Waals surface area contributed by atoms with Gasteiger partial charge < -0.3 is 10.0 Å². The summed E-state index contributed by atoms with van der Waals surface area (Å²) < 4.78 is 0. The second kappa shape index (κ2) is 6.19. The van der Waals surface area contributed by atoms with Gasteiger partial charge in [-0.2, -0.15) is 0 Å². The molecular formula is C12H17NO2. The second-order valence-corrected chi connectivity index (χ2v) is 3.37. The average Bonchev–Trinajstić information content (AvgIpc) is 2.27. The summed E-state index contributed by atoms with van der Waals surface area (Å²) in [6, 6.07) is 9.86. The molecule has 1 aromatic rings. The molecule has 0 unspecified atom stereocenters. The highest BCUT2D eigenvalue weighted by Crippen LogP contribution is 2.05. The lowest BCUT2D eigenvalue weighted by Crippen LogP contribution is -2.30. The molecule has 82 valence electrons. The minimum Gasteiger partial charge on any atom is -0.396 e.